The number of anilines is 1. The number of rotatable bonds is 8. The Morgan fingerprint density at radius 1 is 0.647 bits per heavy atom. The summed E-state index contributed by atoms with van der Waals surface area (Å²) in [6, 6.07) is 35.4. The summed E-state index contributed by atoms with van der Waals surface area (Å²) >= 11 is 0. The van der Waals surface area contributed by atoms with Crippen LogP contribution in [0.2, 0.25) is 0 Å². The zero-order chi connectivity index (χ0) is 23.2. The lowest BCUT2D eigenvalue weighted by molar-refractivity contribution is -0.522. The Morgan fingerprint density at radius 2 is 1.21 bits per heavy atom. The van der Waals surface area contributed by atoms with E-state index in [0.717, 1.165) is 25.9 Å². The predicted molar refractivity (Wildman–Crippen MR) is 142 cm³/mol. The van der Waals surface area contributed by atoms with Gasteiger partial charge in [0.15, 0.2) is 5.82 Å². The Morgan fingerprint density at radius 3 is 1.76 bits per heavy atom. The number of fused-ring (bicyclic) bond motifs is 2. The molecule has 4 aromatic carbocycles. The summed E-state index contributed by atoms with van der Waals surface area (Å²) in [6.45, 7) is 1.74. The highest BCUT2D eigenvalue weighted by atomic mass is 16.1. The van der Waals surface area contributed by atoms with Crippen LogP contribution in [0.3, 0.4) is 0 Å². The zero-order valence-electron chi connectivity index (χ0n) is 19.1. The molecule has 0 radical (unpaired) electrons. The van der Waals surface area contributed by atoms with Gasteiger partial charge in [0, 0.05) is 25.0 Å². The van der Waals surface area contributed by atoms with Gasteiger partial charge < -0.3 is 0 Å². The molecular formula is C30H28N3O+. The van der Waals surface area contributed by atoms with Gasteiger partial charge in [-0.05, 0) is 32.7 Å². The molecule has 1 aromatic heterocycles. The number of aromatic nitrogens is 1. The molecule has 4 heteroatoms. The molecule has 0 aliphatic carbocycles. The summed E-state index contributed by atoms with van der Waals surface area (Å²) in [6.07, 6.45) is 3.85. The standard InChI is InChI=1S/C30H27N3O/c34-30-11-5-10-29(32-30)31-22-33(18-16-23-12-14-25-6-1-3-8-27(25)20-23)19-17-24-13-15-26-7-2-4-9-28(26)21-24/h1-15,20-22H,16-19H2,(H,32,34)/p+1. The van der Waals surface area contributed by atoms with E-state index in [4.69, 9.17) is 0 Å². The maximum atomic E-state index is 11.6. The van der Waals surface area contributed by atoms with Crippen LogP contribution in [0.1, 0.15) is 11.1 Å². The number of H-pyrrole nitrogens is 1. The first kappa shape index (κ1) is 21.7. The van der Waals surface area contributed by atoms with Crippen LogP contribution in [0.5, 0.6) is 0 Å². The second-order valence-electron chi connectivity index (χ2n) is 8.60. The van der Waals surface area contributed by atoms with E-state index in [9.17, 15) is 4.79 Å². The van der Waals surface area contributed by atoms with Crippen LogP contribution >= 0.6 is 0 Å². The van der Waals surface area contributed by atoms with E-state index in [1.165, 1.54) is 38.7 Å². The third-order valence-electron chi connectivity index (χ3n) is 6.17. The van der Waals surface area contributed by atoms with Crippen molar-refractivity contribution in [2.45, 2.75) is 12.8 Å². The lowest BCUT2D eigenvalue weighted by Gasteiger charge is -2.10. The molecule has 0 unspecified atom stereocenters. The average molecular weight is 447 g/mol. The highest BCUT2D eigenvalue weighted by molar-refractivity contribution is 5.83. The van der Waals surface area contributed by atoms with E-state index in [-0.39, 0.29) is 5.56 Å². The molecule has 168 valence electrons. The lowest BCUT2D eigenvalue weighted by atomic mass is 10.0. The molecule has 4 nitrogen and oxygen atoms in total. The molecule has 34 heavy (non-hydrogen) atoms. The molecule has 5 rings (SSSR count). The summed E-state index contributed by atoms with van der Waals surface area (Å²) in [5.74, 6) is 0.689. The molecule has 1 heterocycles. The van der Waals surface area contributed by atoms with Crippen LogP contribution in [-0.2, 0) is 12.8 Å². The third-order valence-corrected chi connectivity index (χ3v) is 6.17. The van der Waals surface area contributed by atoms with E-state index < -0.39 is 0 Å². The number of pyridine rings is 1. The zero-order valence-corrected chi connectivity index (χ0v) is 19.1. The maximum absolute atomic E-state index is 11.6. The second kappa shape index (κ2) is 10.2. The van der Waals surface area contributed by atoms with E-state index in [0.29, 0.717) is 5.82 Å². The average Bonchev–Trinajstić information content (AvgIpc) is 2.88. The molecule has 0 fully saturated rings. The van der Waals surface area contributed by atoms with Crippen molar-refractivity contribution in [2.75, 3.05) is 18.4 Å². The minimum Gasteiger partial charge on any atom is -0.289 e. The van der Waals surface area contributed by atoms with Crippen molar-refractivity contribution in [3.63, 3.8) is 0 Å². The van der Waals surface area contributed by atoms with Crippen molar-refractivity contribution in [1.29, 1.82) is 0 Å². The van der Waals surface area contributed by atoms with Crippen LogP contribution in [0.25, 0.3) is 21.5 Å². The quantitative estimate of drug-likeness (QED) is 0.185. The van der Waals surface area contributed by atoms with Gasteiger partial charge in [0.2, 0.25) is 6.34 Å². The molecule has 0 saturated heterocycles. The van der Waals surface area contributed by atoms with Crippen LogP contribution in [0, 0.1) is 0 Å². The summed E-state index contributed by atoms with van der Waals surface area (Å²) in [4.78, 5) is 14.5. The van der Waals surface area contributed by atoms with Gasteiger partial charge in [-0.3, -0.25) is 14.4 Å². The van der Waals surface area contributed by atoms with Crippen molar-refractivity contribution in [3.05, 3.63) is 125 Å². The number of benzene rings is 4. The van der Waals surface area contributed by atoms with E-state index >= 15 is 0 Å². The molecule has 0 aliphatic heterocycles. The summed E-state index contributed by atoms with van der Waals surface area (Å²) in [5.41, 5.74) is 2.52. The molecule has 0 bridgehead atoms. The fourth-order valence-electron chi connectivity index (χ4n) is 4.27. The van der Waals surface area contributed by atoms with E-state index in [1.54, 1.807) is 6.07 Å². The first-order valence-electron chi connectivity index (χ1n) is 11.7. The molecule has 0 amide bonds. The van der Waals surface area contributed by atoms with Crippen LogP contribution in [-0.4, -0.2) is 29.0 Å². The number of hydrogen-bond acceptors (Lipinski definition) is 1. The number of hydrogen-bond donors (Lipinski definition) is 2. The fourth-order valence-corrected chi connectivity index (χ4v) is 4.27. The normalized spacial score (nSPS) is 10.9. The maximum Gasteiger partial charge on any atom is 0.251 e. The molecule has 0 spiro atoms. The predicted octanol–water partition coefficient (Wildman–Crippen LogP) is 5.62. The smallest absolute Gasteiger partial charge is 0.251 e. The highest BCUT2D eigenvalue weighted by Gasteiger charge is 2.06. The van der Waals surface area contributed by atoms with Gasteiger partial charge >= 0.3 is 0 Å². The summed E-state index contributed by atoms with van der Waals surface area (Å²) in [7, 11) is 0. The molecule has 0 saturated carbocycles. The Hall–Kier alpha value is -4.18. The van der Waals surface area contributed by atoms with Gasteiger partial charge in [0.1, 0.15) is 0 Å². The van der Waals surface area contributed by atoms with Crippen molar-refractivity contribution >= 4 is 33.7 Å². The van der Waals surface area contributed by atoms with Gasteiger partial charge in [-0.15, -0.1) is 0 Å². The number of nitrogens with one attached hydrogen (secondary N) is 2. The van der Waals surface area contributed by atoms with Crippen LogP contribution in [0.4, 0.5) is 5.82 Å². The first-order chi connectivity index (χ1) is 16.7. The van der Waals surface area contributed by atoms with Gasteiger partial charge in [-0.1, -0.05) is 91.0 Å². The SMILES string of the molecule is O=c1cccc(NC=[N+](CCc2ccc3ccccc3c2)CCc2ccc3ccccc3c2)[nH]1. The topological polar surface area (TPSA) is 47.9 Å². The second-order valence-corrected chi connectivity index (χ2v) is 8.60. The largest absolute Gasteiger partial charge is 0.289 e. The van der Waals surface area contributed by atoms with Crippen molar-refractivity contribution in [2.24, 2.45) is 0 Å². The molecule has 0 atom stereocenters. The summed E-state index contributed by atoms with van der Waals surface area (Å²) < 4.78 is 2.29. The van der Waals surface area contributed by atoms with E-state index in [2.05, 4.69) is 99.8 Å². The van der Waals surface area contributed by atoms with Gasteiger partial charge in [-0.25, -0.2) is 5.32 Å². The molecule has 5 aromatic rings. The fraction of sp³-hybridized carbons (Fsp3) is 0.133. The van der Waals surface area contributed by atoms with Crippen molar-refractivity contribution < 1.29 is 4.58 Å². The Bertz CT molecular complexity index is 1430. The lowest BCUT2D eigenvalue weighted by Crippen LogP contribution is -2.23. The molecule has 2 N–H and O–H groups in total. The minimum atomic E-state index is -0.114. The molecular weight excluding hydrogens is 418 g/mol. The Labute approximate surface area is 199 Å². The van der Waals surface area contributed by atoms with Crippen LogP contribution in [0.15, 0.2) is 108 Å². The highest BCUT2D eigenvalue weighted by Crippen LogP contribution is 2.17. The van der Waals surface area contributed by atoms with Crippen molar-refractivity contribution in [3.8, 4) is 0 Å². The monoisotopic (exact) mass is 446 g/mol. The minimum absolute atomic E-state index is 0.114. The number of aromatic amines is 1. The van der Waals surface area contributed by atoms with Crippen LogP contribution < -0.4 is 10.9 Å². The van der Waals surface area contributed by atoms with Gasteiger partial charge in [-0.2, -0.15) is 0 Å². The Kier molecular flexibility index (Phi) is 6.48. The van der Waals surface area contributed by atoms with E-state index in [1.807, 2.05) is 12.4 Å². The van der Waals surface area contributed by atoms with Crippen molar-refractivity contribution in [1.82, 2.24) is 4.98 Å². The first-order valence-corrected chi connectivity index (χ1v) is 11.7. The third kappa shape index (κ3) is 5.41. The van der Waals surface area contributed by atoms with Gasteiger partial charge in [0.25, 0.3) is 5.56 Å². The molecule has 0 aliphatic rings. The summed E-state index contributed by atoms with van der Waals surface area (Å²) in [5, 5.41) is 8.33. The van der Waals surface area contributed by atoms with Gasteiger partial charge in [0.05, 0.1) is 13.1 Å². The number of nitrogens with zero attached hydrogens (tertiary/aromatic N) is 1. The Balaban J connectivity index is 1.32.